The molecule has 2 N–H and O–H groups in total. The number of hydrogen-bond acceptors (Lipinski definition) is 4. The van der Waals surface area contributed by atoms with Gasteiger partial charge in [0, 0.05) is 19.2 Å². The Kier molecular flexibility index (Phi) is 4.53. The number of fused-ring (bicyclic) bond motifs is 1. The predicted molar refractivity (Wildman–Crippen MR) is 97.5 cm³/mol. The minimum absolute atomic E-state index is 0.212. The molecule has 0 saturated carbocycles. The molecule has 1 aliphatic heterocycles. The van der Waals surface area contributed by atoms with Gasteiger partial charge in [0.2, 0.25) is 5.91 Å². The third kappa shape index (κ3) is 3.19. The van der Waals surface area contributed by atoms with Gasteiger partial charge in [0.05, 0.1) is 16.5 Å². The SMILES string of the molecule is CN1C(=O)c2ccc(NC(=O)C[C@@](C)(C(=O)O)c3ccccc3)cc2C1=O. The number of carboxylic acids is 1. The first-order valence-corrected chi connectivity index (χ1v) is 8.29. The normalized spacial score (nSPS) is 15.3. The van der Waals surface area contributed by atoms with Crippen LogP contribution in [0.4, 0.5) is 5.69 Å². The minimum atomic E-state index is -1.39. The van der Waals surface area contributed by atoms with Crippen LogP contribution in [-0.4, -0.2) is 40.7 Å². The van der Waals surface area contributed by atoms with Crippen LogP contribution in [0.2, 0.25) is 0 Å². The Hall–Kier alpha value is -3.48. The van der Waals surface area contributed by atoms with Crippen LogP contribution in [0.15, 0.2) is 48.5 Å². The number of anilines is 1. The van der Waals surface area contributed by atoms with Gasteiger partial charge in [0.1, 0.15) is 0 Å². The van der Waals surface area contributed by atoms with E-state index < -0.39 is 29.1 Å². The summed E-state index contributed by atoms with van der Waals surface area (Å²) in [5.41, 5.74) is -0.0573. The van der Waals surface area contributed by atoms with Crippen LogP contribution in [0.1, 0.15) is 39.6 Å². The van der Waals surface area contributed by atoms with Crippen LogP contribution in [0.25, 0.3) is 0 Å². The fraction of sp³-hybridized carbons (Fsp3) is 0.200. The van der Waals surface area contributed by atoms with Gasteiger partial charge < -0.3 is 10.4 Å². The molecule has 1 heterocycles. The zero-order valence-corrected chi connectivity index (χ0v) is 14.9. The first kappa shape index (κ1) is 18.3. The Balaban J connectivity index is 1.81. The molecule has 0 radical (unpaired) electrons. The molecule has 2 aromatic rings. The van der Waals surface area contributed by atoms with Crippen molar-refractivity contribution in [1.82, 2.24) is 4.90 Å². The summed E-state index contributed by atoms with van der Waals surface area (Å²) in [6.45, 7) is 1.49. The van der Waals surface area contributed by atoms with Gasteiger partial charge in [0.25, 0.3) is 11.8 Å². The molecule has 3 amide bonds. The van der Waals surface area contributed by atoms with Gasteiger partial charge in [-0.3, -0.25) is 24.1 Å². The van der Waals surface area contributed by atoms with E-state index >= 15 is 0 Å². The van der Waals surface area contributed by atoms with E-state index in [-0.39, 0.29) is 17.5 Å². The van der Waals surface area contributed by atoms with Crippen molar-refractivity contribution >= 4 is 29.4 Å². The topological polar surface area (TPSA) is 104 Å². The zero-order valence-electron chi connectivity index (χ0n) is 14.9. The number of aliphatic carboxylic acids is 1. The predicted octanol–water partition coefficient (Wildman–Crippen LogP) is 2.28. The van der Waals surface area contributed by atoms with Crippen molar-refractivity contribution in [2.24, 2.45) is 0 Å². The number of nitrogens with one attached hydrogen (secondary N) is 1. The molecular formula is C20H18N2O5. The fourth-order valence-corrected chi connectivity index (χ4v) is 3.07. The van der Waals surface area contributed by atoms with Crippen LogP contribution >= 0.6 is 0 Å². The third-order valence-electron chi connectivity index (χ3n) is 4.77. The average molecular weight is 366 g/mol. The van der Waals surface area contributed by atoms with E-state index in [0.29, 0.717) is 11.3 Å². The van der Waals surface area contributed by atoms with Crippen LogP contribution in [0, 0.1) is 0 Å². The summed E-state index contributed by atoms with van der Waals surface area (Å²) in [6, 6.07) is 12.9. The molecule has 0 spiro atoms. The largest absolute Gasteiger partial charge is 0.481 e. The highest BCUT2D eigenvalue weighted by Gasteiger charge is 2.38. The van der Waals surface area contributed by atoms with Crippen molar-refractivity contribution in [3.8, 4) is 0 Å². The number of nitrogens with zero attached hydrogens (tertiary/aromatic N) is 1. The third-order valence-corrected chi connectivity index (χ3v) is 4.77. The summed E-state index contributed by atoms with van der Waals surface area (Å²) in [4.78, 5) is 49.3. The summed E-state index contributed by atoms with van der Waals surface area (Å²) in [6.07, 6.45) is -0.282. The van der Waals surface area contributed by atoms with E-state index in [1.807, 2.05) is 0 Å². The second kappa shape index (κ2) is 6.68. The first-order chi connectivity index (χ1) is 12.7. The number of amides is 3. The highest BCUT2D eigenvalue weighted by molar-refractivity contribution is 6.21. The van der Waals surface area contributed by atoms with Gasteiger partial charge in [-0.2, -0.15) is 0 Å². The molecule has 7 heteroatoms. The number of benzene rings is 2. The van der Waals surface area contributed by atoms with Crippen LogP contribution in [0.5, 0.6) is 0 Å². The Bertz CT molecular complexity index is 954. The highest BCUT2D eigenvalue weighted by Crippen LogP contribution is 2.29. The quantitative estimate of drug-likeness (QED) is 0.790. The maximum absolute atomic E-state index is 12.5. The van der Waals surface area contributed by atoms with Crippen molar-refractivity contribution < 1.29 is 24.3 Å². The van der Waals surface area contributed by atoms with Crippen molar-refractivity contribution in [2.45, 2.75) is 18.8 Å². The molecular weight excluding hydrogens is 348 g/mol. The molecule has 0 saturated heterocycles. The summed E-state index contributed by atoms with van der Waals surface area (Å²) >= 11 is 0. The van der Waals surface area contributed by atoms with Gasteiger partial charge >= 0.3 is 5.97 Å². The number of imide groups is 1. The summed E-state index contributed by atoms with van der Waals surface area (Å²) < 4.78 is 0. The molecule has 2 aromatic carbocycles. The summed E-state index contributed by atoms with van der Waals surface area (Å²) in [7, 11) is 1.39. The lowest BCUT2D eigenvalue weighted by Crippen LogP contribution is -2.36. The van der Waals surface area contributed by atoms with Crippen molar-refractivity contribution in [3.63, 3.8) is 0 Å². The fourth-order valence-electron chi connectivity index (χ4n) is 3.07. The summed E-state index contributed by atoms with van der Waals surface area (Å²) in [5.74, 6) is -2.45. The van der Waals surface area contributed by atoms with E-state index in [9.17, 15) is 24.3 Å². The molecule has 0 bridgehead atoms. The molecule has 3 rings (SSSR count). The highest BCUT2D eigenvalue weighted by atomic mass is 16.4. The number of carboxylic acid groups (broad SMARTS) is 1. The first-order valence-electron chi connectivity index (χ1n) is 8.29. The Morgan fingerprint density at radius 3 is 2.30 bits per heavy atom. The van der Waals surface area contributed by atoms with E-state index in [1.54, 1.807) is 30.3 Å². The van der Waals surface area contributed by atoms with Crippen molar-refractivity contribution in [1.29, 1.82) is 0 Å². The molecule has 27 heavy (non-hydrogen) atoms. The smallest absolute Gasteiger partial charge is 0.314 e. The van der Waals surface area contributed by atoms with E-state index in [2.05, 4.69) is 5.32 Å². The number of carbonyl (C=O) groups is 4. The molecule has 1 atom stereocenters. The van der Waals surface area contributed by atoms with Crippen LogP contribution in [0.3, 0.4) is 0 Å². The van der Waals surface area contributed by atoms with Gasteiger partial charge in [-0.1, -0.05) is 30.3 Å². The molecule has 0 aliphatic carbocycles. The van der Waals surface area contributed by atoms with E-state index in [1.165, 1.54) is 32.2 Å². The average Bonchev–Trinajstić information content (AvgIpc) is 2.86. The molecule has 0 fully saturated rings. The van der Waals surface area contributed by atoms with Crippen molar-refractivity contribution in [2.75, 3.05) is 12.4 Å². The lowest BCUT2D eigenvalue weighted by atomic mass is 9.79. The minimum Gasteiger partial charge on any atom is -0.481 e. The number of hydrogen-bond donors (Lipinski definition) is 2. The molecule has 0 aromatic heterocycles. The second-order valence-electron chi connectivity index (χ2n) is 6.66. The zero-order chi connectivity index (χ0) is 19.8. The molecule has 1 aliphatic rings. The lowest BCUT2D eigenvalue weighted by Gasteiger charge is -2.24. The Labute approximate surface area is 155 Å². The van der Waals surface area contributed by atoms with Gasteiger partial charge in [-0.25, -0.2) is 0 Å². The van der Waals surface area contributed by atoms with Crippen LogP contribution in [-0.2, 0) is 15.0 Å². The van der Waals surface area contributed by atoms with Crippen LogP contribution < -0.4 is 5.32 Å². The van der Waals surface area contributed by atoms with E-state index in [0.717, 1.165) is 4.90 Å². The summed E-state index contributed by atoms with van der Waals surface area (Å²) in [5, 5.41) is 12.3. The molecule has 7 nitrogen and oxygen atoms in total. The maximum Gasteiger partial charge on any atom is 0.314 e. The second-order valence-corrected chi connectivity index (χ2v) is 6.66. The monoisotopic (exact) mass is 366 g/mol. The van der Waals surface area contributed by atoms with Gasteiger partial charge in [0.15, 0.2) is 0 Å². The number of rotatable bonds is 5. The number of carbonyl (C=O) groups excluding carboxylic acids is 3. The lowest BCUT2D eigenvalue weighted by molar-refractivity contribution is -0.145. The van der Waals surface area contributed by atoms with Gasteiger partial charge in [-0.15, -0.1) is 0 Å². The van der Waals surface area contributed by atoms with Crippen molar-refractivity contribution in [3.05, 3.63) is 65.2 Å². The maximum atomic E-state index is 12.5. The Morgan fingerprint density at radius 2 is 1.67 bits per heavy atom. The Morgan fingerprint density at radius 1 is 1.04 bits per heavy atom. The van der Waals surface area contributed by atoms with E-state index in [4.69, 9.17) is 0 Å². The molecule has 138 valence electrons. The molecule has 0 unspecified atom stereocenters. The van der Waals surface area contributed by atoms with Gasteiger partial charge in [-0.05, 0) is 30.7 Å². The standard InChI is InChI=1S/C20H18N2O5/c1-20(19(26)27,12-6-4-3-5-7-12)11-16(23)21-13-8-9-14-15(10-13)18(25)22(2)17(14)24/h3-10H,11H2,1-2H3,(H,21,23)(H,26,27)/t20-/m1/s1.